The van der Waals surface area contributed by atoms with E-state index in [2.05, 4.69) is 5.43 Å². The van der Waals surface area contributed by atoms with Crippen LogP contribution in [0.2, 0.25) is 0 Å². The number of hydrazine groups is 1. The summed E-state index contributed by atoms with van der Waals surface area (Å²) in [7, 11) is 0. The third-order valence-electron chi connectivity index (χ3n) is 2.05. The molecule has 1 atom stereocenters. The molecule has 0 rings (SSSR count). The standard InChI is InChI=1S/C14H30N2O4/c1-8-19-11(17)9-16(10-13(2,3)4)15-12(18)20-14(5,6)7/h11,17H,8-10H2,1-7H3,(H,15,18). The van der Waals surface area contributed by atoms with Gasteiger partial charge in [-0.3, -0.25) is 5.43 Å². The van der Waals surface area contributed by atoms with Crippen molar-refractivity contribution >= 4 is 6.09 Å². The number of aliphatic hydroxyl groups excluding tert-OH is 1. The van der Waals surface area contributed by atoms with Crippen molar-refractivity contribution in [2.75, 3.05) is 19.7 Å². The van der Waals surface area contributed by atoms with Crippen molar-refractivity contribution < 1.29 is 19.4 Å². The Morgan fingerprint density at radius 1 is 1.25 bits per heavy atom. The van der Waals surface area contributed by atoms with E-state index in [1.165, 1.54) is 0 Å². The Morgan fingerprint density at radius 3 is 2.20 bits per heavy atom. The zero-order chi connectivity index (χ0) is 16.0. The summed E-state index contributed by atoms with van der Waals surface area (Å²) in [6.07, 6.45) is -1.48. The number of hydrogen-bond donors (Lipinski definition) is 2. The number of nitrogens with one attached hydrogen (secondary N) is 1. The largest absolute Gasteiger partial charge is 0.443 e. The molecule has 2 N–H and O–H groups in total. The molecule has 0 aliphatic rings. The van der Waals surface area contributed by atoms with Crippen molar-refractivity contribution in [3.63, 3.8) is 0 Å². The van der Waals surface area contributed by atoms with Crippen molar-refractivity contribution in [1.29, 1.82) is 0 Å². The first-order chi connectivity index (χ1) is 8.93. The highest BCUT2D eigenvalue weighted by atomic mass is 16.6. The molecule has 0 aromatic rings. The fraction of sp³-hybridized carbons (Fsp3) is 0.929. The topological polar surface area (TPSA) is 71.0 Å². The number of ether oxygens (including phenoxy) is 2. The molecular formula is C14H30N2O4. The summed E-state index contributed by atoms with van der Waals surface area (Å²) in [6.45, 7) is 14.5. The van der Waals surface area contributed by atoms with Crippen LogP contribution in [0.5, 0.6) is 0 Å². The molecule has 0 aromatic heterocycles. The molecule has 6 nitrogen and oxygen atoms in total. The SMILES string of the molecule is CCOC(O)CN(CC(C)(C)C)NC(=O)OC(C)(C)C. The molecular weight excluding hydrogens is 260 g/mol. The maximum absolute atomic E-state index is 11.8. The average Bonchev–Trinajstić information content (AvgIpc) is 2.10. The van der Waals surface area contributed by atoms with Gasteiger partial charge >= 0.3 is 6.09 Å². The third-order valence-corrected chi connectivity index (χ3v) is 2.05. The lowest BCUT2D eigenvalue weighted by molar-refractivity contribution is -0.118. The van der Waals surface area contributed by atoms with Crippen LogP contribution in [-0.4, -0.2) is 47.8 Å². The van der Waals surface area contributed by atoms with Gasteiger partial charge in [-0.05, 0) is 33.1 Å². The summed E-state index contributed by atoms with van der Waals surface area (Å²) in [4.78, 5) is 11.8. The maximum Gasteiger partial charge on any atom is 0.422 e. The fourth-order valence-corrected chi connectivity index (χ4v) is 1.59. The molecule has 0 heterocycles. The van der Waals surface area contributed by atoms with Crippen LogP contribution in [0.3, 0.4) is 0 Å². The number of carbonyl (C=O) groups excluding carboxylic acids is 1. The Morgan fingerprint density at radius 2 is 1.80 bits per heavy atom. The first-order valence-corrected chi connectivity index (χ1v) is 6.97. The Labute approximate surface area is 122 Å². The van der Waals surface area contributed by atoms with E-state index in [0.29, 0.717) is 13.2 Å². The highest BCUT2D eigenvalue weighted by Gasteiger charge is 2.23. The molecule has 0 aromatic carbocycles. The number of aliphatic hydroxyl groups is 1. The molecule has 20 heavy (non-hydrogen) atoms. The normalized spacial score (nSPS) is 14.2. The summed E-state index contributed by atoms with van der Waals surface area (Å²) >= 11 is 0. The summed E-state index contributed by atoms with van der Waals surface area (Å²) < 4.78 is 10.3. The van der Waals surface area contributed by atoms with E-state index in [0.717, 1.165) is 0 Å². The van der Waals surface area contributed by atoms with E-state index in [1.807, 2.05) is 20.8 Å². The van der Waals surface area contributed by atoms with Crippen molar-refractivity contribution in [3.8, 4) is 0 Å². The van der Waals surface area contributed by atoms with Gasteiger partial charge < -0.3 is 14.6 Å². The zero-order valence-electron chi connectivity index (χ0n) is 13.8. The van der Waals surface area contributed by atoms with Gasteiger partial charge in [-0.15, -0.1) is 0 Å². The molecule has 0 aliphatic heterocycles. The van der Waals surface area contributed by atoms with E-state index in [4.69, 9.17) is 9.47 Å². The minimum absolute atomic E-state index is 0.0407. The van der Waals surface area contributed by atoms with Crippen LogP contribution in [0.25, 0.3) is 0 Å². The van der Waals surface area contributed by atoms with Gasteiger partial charge in [0.15, 0.2) is 6.29 Å². The lowest BCUT2D eigenvalue weighted by Crippen LogP contribution is -2.51. The van der Waals surface area contributed by atoms with Crippen molar-refractivity contribution in [1.82, 2.24) is 10.4 Å². The average molecular weight is 290 g/mol. The second-order valence-corrected chi connectivity index (χ2v) is 6.96. The Balaban J connectivity index is 4.56. The van der Waals surface area contributed by atoms with E-state index >= 15 is 0 Å². The monoisotopic (exact) mass is 290 g/mol. The highest BCUT2D eigenvalue weighted by Crippen LogP contribution is 2.15. The summed E-state index contributed by atoms with van der Waals surface area (Å²) in [5.74, 6) is 0. The molecule has 0 bridgehead atoms. The van der Waals surface area contributed by atoms with E-state index in [9.17, 15) is 9.90 Å². The van der Waals surface area contributed by atoms with Crippen molar-refractivity contribution in [3.05, 3.63) is 0 Å². The predicted molar refractivity (Wildman–Crippen MR) is 78.0 cm³/mol. The first kappa shape index (κ1) is 19.1. The van der Waals surface area contributed by atoms with Crippen LogP contribution in [0.15, 0.2) is 0 Å². The smallest absolute Gasteiger partial charge is 0.422 e. The number of nitrogens with zero attached hydrogens (tertiary/aromatic N) is 1. The first-order valence-electron chi connectivity index (χ1n) is 6.97. The molecule has 0 radical (unpaired) electrons. The third kappa shape index (κ3) is 11.0. The second kappa shape index (κ2) is 7.81. The minimum Gasteiger partial charge on any atom is -0.443 e. The van der Waals surface area contributed by atoms with Gasteiger partial charge in [0.1, 0.15) is 5.60 Å². The summed E-state index contributed by atoms with van der Waals surface area (Å²) in [5.41, 5.74) is 2.05. The van der Waals surface area contributed by atoms with Gasteiger partial charge in [0.05, 0.1) is 6.54 Å². The zero-order valence-corrected chi connectivity index (χ0v) is 13.8. The van der Waals surface area contributed by atoms with Crippen LogP contribution in [0.4, 0.5) is 4.79 Å². The lowest BCUT2D eigenvalue weighted by atomic mass is 9.97. The Hall–Kier alpha value is -0.850. The number of carbonyl (C=O) groups is 1. The van der Waals surface area contributed by atoms with Gasteiger partial charge in [-0.1, -0.05) is 20.8 Å². The van der Waals surface area contributed by atoms with E-state index < -0.39 is 18.0 Å². The van der Waals surface area contributed by atoms with Crippen LogP contribution in [-0.2, 0) is 9.47 Å². The lowest BCUT2D eigenvalue weighted by Gasteiger charge is -2.32. The van der Waals surface area contributed by atoms with Crippen LogP contribution in [0, 0.1) is 5.41 Å². The molecule has 120 valence electrons. The van der Waals surface area contributed by atoms with Gasteiger partial charge in [0, 0.05) is 13.2 Å². The Kier molecular flexibility index (Phi) is 7.47. The number of amides is 1. The van der Waals surface area contributed by atoms with E-state index in [1.54, 1.807) is 32.7 Å². The highest BCUT2D eigenvalue weighted by molar-refractivity contribution is 5.67. The van der Waals surface area contributed by atoms with E-state index in [-0.39, 0.29) is 12.0 Å². The second-order valence-electron chi connectivity index (χ2n) is 6.96. The maximum atomic E-state index is 11.8. The van der Waals surface area contributed by atoms with Crippen molar-refractivity contribution in [2.24, 2.45) is 5.41 Å². The summed E-state index contributed by atoms with van der Waals surface area (Å²) in [5, 5.41) is 11.3. The fourth-order valence-electron chi connectivity index (χ4n) is 1.59. The molecule has 0 spiro atoms. The Bertz CT molecular complexity index is 295. The predicted octanol–water partition coefficient (Wildman–Crippen LogP) is 2.13. The van der Waals surface area contributed by atoms with Gasteiger partial charge in [0.25, 0.3) is 0 Å². The molecule has 0 fully saturated rings. The molecule has 6 heteroatoms. The quantitative estimate of drug-likeness (QED) is 0.579. The van der Waals surface area contributed by atoms with Crippen LogP contribution in [0.1, 0.15) is 48.5 Å². The van der Waals surface area contributed by atoms with Gasteiger partial charge in [0.2, 0.25) is 0 Å². The van der Waals surface area contributed by atoms with Crippen molar-refractivity contribution in [2.45, 2.75) is 60.4 Å². The summed E-state index contributed by atoms with van der Waals surface area (Å²) in [6, 6.07) is 0. The minimum atomic E-state index is -0.947. The molecule has 1 amide bonds. The molecule has 0 saturated heterocycles. The van der Waals surface area contributed by atoms with Gasteiger partial charge in [-0.25, -0.2) is 9.80 Å². The molecule has 1 unspecified atom stereocenters. The molecule has 0 aliphatic carbocycles. The number of hydrogen-bond acceptors (Lipinski definition) is 5. The van der Waals surface area contributed by atoms with Crippen LogP contribution >= 0.6 is 0 Å². The van der Waals surface area contributed by atoms with Gasteiger partial charge in [-0.2, -0.15) is 0 Å². The van der Waals surface area contributed by atoms with Crippen LogP contribution < -0.4 is 5.43 Å². The molecule has 0 saturated carbocycles. The number of rotatable bonds is 6.